The number of carbonyl (C=O) groups is 1. The van der Waals surface area contributed by atoms with E-state index in [4.69, 9.17) is 21.1 Å². The number of hydrogen-bond donors (Lipinski definition) is 1. The Labute approximate surface area is 162 Å². The van der Waals surface area contributed by atoms with Crippen molar-refractivity contribution in [1.29, 1.82) is 0 Å². The maximum Gasteiger partial charge on any atom is 0.272 e. The molecule has 0 aliphatic carbocycles. The second-order valence-electron chi connectivity index (χ2n) is 5.93. The summed E-state index contributed by atoms with van der Waals surface area (Å²) in [5.74, 6) is 1.08. The van der Waals surface area contributed by atoms with Crippen molar-refractivity contribution in [1.82, 2.24) is 15.1 Å². The molecule has 0 saturated heterocycles. The number of aromatic nitrogens is 2. The maximum atomic E-state index is 12.6. The second kappa shape index (κ2) is 8.14. The topological polar surface area (TPSA) is 65.4 Å². The number of ether oxygens (including phenoxy) is 2. The van der Waals surface area contributed by atoms with Crippen LogP contribution in [-0.2, 0) is 0 Å². The number of methoxy groups -OCH3 is 2. The van der Waals surface area contributed by atoms with Gasteiger partial charge in [0.15, 0.2) is 5.69 Å². The van der Waals surface area contributed by atoms with Gasteiger partial charge >= 0.3 is 0 Å². The quantitative estimate of drug-likeness (QED) is 0.695. The molecule has 6 nitrogen and oxygen atoms in total. The summed E-state index contributed by atoms with van der Waals surface area (Å²) in [5.41, 5.74) is 1.91. The zero-order valence-corrected chi connectivity index (χ0v) is 16.0. The molecular weight excluding hydrogens is 366 g/mol. The summed E-state index contributed by atoms with van der Waals surface area (Å²) in [6.45, 7) is 1.88. The molecule has 1 amide bonds. The Morgan fingerprint density at radius 3 is 2.67 bits per heavy atom. The first-order valence-electron chi connectivity index (χ1n) is 8.36. The van der Waals surface area contributed by atoms with Crippen LogP contribution in [0.1, 0.15) is 29.0 Å². The highest BCUT2D eigenvalue weighted by Gasteiger charge is 2.18. The van der Waals surface area contributed by atoms with E-state index in [0.717, 1.165) is 11.3 Å². The van der Waals surface area contributed by atoms with Crippen molar-refractivity contribution in [2.75, 3.05) is 14.2 Å². The van der Waals surface area contributed by atoms with Gasteiger partial charge in [-0.15, -0.1) is 0 Å². The van der Waals surface area contributed by atoms with Crippen LogP contribution in [0.25, 0.3) is 5.69 Å². The first kappa shape index (κ1) is 18.8. The van der Waals surface area contributed by atoms with Crippen LogP contribution in [0.5, 0.6) is 11.5 Å². The molecule has 27 heavy (non-hydrogen) atoms. The molecule has 0 radical (unpaired) electrons. The highest BCUT2D eigenvalue weighted by molar-refractivity contribution is 6.30. The van der Waals surface area contributed by atoms with Gasteiger partial charge in [-0.05, 0) is 49.4 Å². The standard InChI is InChI=1S/C20H20ClN3O3/c1-13(17-12-16(26-2)7-8-19(17)27-3)22-20(25)18-9-10-24(23-18)15-6-4-5-14(21)11-15/h4-13H,1-3H3,(H,22,25). The van der Waals surface area contributed by atoms with Crippen LogP contribution >= 0.6 is 11.6 Å². The van der Waals surface area contributed by atoms with Crippen molar-refractivity contribution in [3.8, 4) is 17.2 Å². The van der Waals surface area contributed by atoms with Crippen LogP contribution in [0.2, 0.25) is 5.02 Å². The van der Waals surface area contributed by atoms with Gasteiger partial charge in [0.05, 0.1) is 25.9 Å². The average Bonchev–Trinajstić information content (AvgIpc) is 3.17. The molecule has 3 rings (SSSR count). The molecule has 0 aliphatic heterocycles. The van der Waals surface area contributed by atoms with Gasteiger partial charge in [0.2, 0.25) is 0 Å². The smallest absolute Gasteiger partial charge is 0.272 e. The molecule has 0 fully saturated rings. The van der Waals surface area contributed by atoms with Crippen LogP contribution in [0.15, 0.2) is 54.7 Å². The zero-order valence-electron chi connectivity index (χ0n) is 15.3. The molecular formula is C20H20ClN3O3. The molecule has 0 saturated carbocycles. The highest BCUT2D eigenvalue weighted by atomic mass is 35.5. The molecule has 3 aromatic rings. The molecule has 1 N–H and O–H groups in total. The maximum absolute atomic E-state index is 12.6. The normalized spacial score (nSPS) is 11.7. The Balaban J connectivity index is 1.78. The van der Waals surface area contributed by atoms with Crippen LogP contribution < -0.4 is 14.8 Å². The lowest BCUT2D eigenvalue weighted by molar-refractivity contribution is 0.0934. The van der Waals surface area contributed by atoms with Crippen LogP contribution in [0.3, 0.4) is 0 Å². The van der Waals surface area contributed by atoms with E-state index in [1.54, 1.807) is 43.3 Å². The van der Waals surface area contributed by atoms with E-state index >= 15 is 0 Å². The predicted octanol–water partition coefficient (Wildman–Crippen LogP) is 4.03. The summed E-state index contributed by atoms with van der Waals surface area (Å²) in [5, 5.41) is 7.88. The van der Waals surface area contributed by atoms with Gasteiger partial charge in [-0.1, -0.05) is 17.7 Å². The van der Waals surface area contributed by atoms with Crippen molar-refractivity contribution in [3.05, 3.63) is 71.0 Å². The minimum Gasteiger partial charge on any atom is -0.497 e. The summed E-state index contributed by atoms with van der Waals surface area (Å²) in [7, 11) is 3.18. The minimum atomic E-state index is -0.293. The molecule has 1 heterocycles. The highest BCUT2D eigenvalue weighted by Crippen LogP contribution is 2.29. The molecule has 0 spiro atoms. The van der Waals surface area contributed by atoms with Gasteiger partial charge in [-0.2, -0.15) is 5.10 Å². The van der Waals surface area contributed by atoms with Gasteiger partial charge in [-0.25, -0.2) is 4.68 Å². The van der Waals surface area contributed by atoms with E-state index in [9.17, 15) is 4.79 Å². The molecule has 0 aliphatic rings. The molecule has 1 atom stereocenters. The number of amides is 1. The Morgan fingerprint density at radius 1 is 1.15 bits per heavy atom. The van der Waals surface area contributed by atoms with Crippen LogP contribution in [-0.4, -0.2) is 29.9 Å². The van der Waals surface area contributed by atoms with Crippen molar-refractivity contribution in [2.24, 2.45) is 0 Å². The Bertz CT molecular complexity index is 955. The number of nitrogens with one attached hydrogen (secondary N) is 1. The number of nitrogens with zero attached hydrogens (tertiary/aromatic N) is 2. The molecule has 1 aromatic heterocycles. The van der Waals surface area contributed by atoms with Crippen molar-refractivity contribution < 1.29 is 14.3 Å². The summed E-state index contributed by atoms with van der Waals surface area (Å²) in [6.07, 6.45) is 1.72. The number of rotatable bonds is 6. The average molecular weight is 386 g/mol. The molecule has 2 aromatic carbocycles. The van der Waals surface area contributed by atoms with Crippen molar-refractivity contribution in [3.63, 3.8) is 0 Å². The fourth-order valence-corrected chi connectivity index (χ4v) is 2.92. The number of hydrogen-bond acceptors (Lipinski definition) is 4. The largest absolute Gasteiger partial charge is 0.497 e. The SMILES string of the molecule is COc1ccc(OC)c(C(C)NC(=O)c2ccn(-c3cccc(Cl)c3)n2)c1. The number of halogens is 1. The monoisotopic (exact) mass is 385 g/mol. The lowest BCUT2D eigenvalue weighted by Crippen LogP contribution is -2.27. The first-order valence-corrected chi connectivity index (χ1v) is 8.74. The minimum absolute atomic E-state index is 0.284. The lowest BCUT2D eigenvalue weighted by Gasteiger charge is -2.17. The van der Waals surface area contributed by atoms with E-state index in [1.807, 2.05) is 37.3 Å². The number of carbonyl (C=O) groups excluding carboxylic acids is 1. The third-order valence-corrected chi connectivity index (χ3v) is 4.38. The van der Waals surface area contributed by atoms with Crippen LogP contribution in [0, 0.1) is 0 Å². The molecule has 1 unspecified atom stereocenters. The van der Waals surface area contributed by atoms with Crippen LogP contribution in [0.4, 0.5) is 0 Å². The van der Waals surface area contributed by atoms with Gasteiger partial charge in [0.1, 0.15) is 11.5 Å². The van der Waals surface area contributed by atoms with E-state index in [2.05, 4.69) is 10.4 Å². The fourth-order valence-electron chi connectivity index (χ4n) is 2.73. The Kier molecular flexibility index (Phi) is 5.66. The summed E-state index contributed by atoms with van der Waals surface area (Å²) >= 11 is 6.01. The third-order valence-electron chi connectivity index (χ3n) is 4.15. The Hall–Kier alpha value is -2.99. The zero-order chi connectivity index (χ0) is 19.4. The first-order chi connectivity index (χ1) is 13.0. The molecule has 7 heteroatoms. The summed E-state index contributed by atoms with van der Waals surface area (Å²) < 4.78 is 12.3. The third kappa shape index (κ3) is 4.23. The van der Waals surface area contributed by atoms with E-state index in [-0.39, 0.29) is 11.9 Å². The number of benzene rings is 2. The van der Waals surface area contributed by atoms with Crippen molar-refractivity contribution >= 4 is 17.5 Å². The summed E-state index contributed by atoms with van der Waals surface area (Å²) in [6, 6.07) is 14.1. The fraction of sp³-hybridized carbons (Fsp3) is 0.200. The lowest BCUT2D eigenvalue weighted by atomic mass is 10.1. The van der Waals surface area contributed by atoms with Gasteiger partial charge in [-0.3, -0.25) is 4.79 Å². The van der Waals surface area contributed by atoms with E-state index in [1.165, 1.54) is 0 Å². The van der Waals surface area contributed by atoms with Crippen molar-refractivity contribution in [2.45, 2.75) is 13.0 Å². The summed E-state index contributed by atoms with van der Waals surface area (Å²) in [4.78, 5) is 12.6. The van der Waals surface area contributed by atoms with Gasteiger partial charge in [0, 0.05) is 16.8 Å². The van der Waals surface area contributed by atoms with E-state index < -0.39 is 0 Å². The second-order valence-corrected chi connectivity index (χ2v) is 6.36. The van der Waals surface area contributed by atoms with Gasteiger partial charge < -0.3 is 14.8 Å². The van der Waals surface area contributed by atoms with E-state index in [0.29, 0.717) is 22.2 Å². The predicted molar refractivity (Wildman–Crippen MR) is 104 cm³/mol. The van der Waals surface area contributed by atoms with Gasteiger partial charge in [0.25, 0.3) is 5.91 Å². The Morgan fingerprint density at radius 2 is 1.96 bits per heavy atom. The molecule has 0 bridgehead atoms. The molecule has 140 valence electrons.